The number of ether oxygens (including phenoxy) is 1. The molecule has 1 unspecified atom stereocenters. The summed E-state index contributed by atoms with van der Waals surface area (Å²) in [4.78, 5) is 18.3. The highest BCUT2D eigenvalue weighted by molar-refractivity contribution is 14.0. The normalized spacial score (nSPS) is 28.6. The lowest BCUT2D eigenvalue weighted by atomic mass is 9.87. The van der Waals surface area contributed by atoms with Crippen LogP contribution in [0.4, 0.5) is 0 Å². The van der Waals surface area contributed by atoms with E-state index in [2.05, 4.69) is 20.5 Å². The van der Waals surface area contributed by atoms with Crippen molar-refractivity contribution in [2.24, 2.45) is 10.4 Å². The molecule has 1 spiro atoms. The van der Waals surface area contributed by atoms with Crippen molar-refractivity contribution in [3.63, 3.8) is 0 Å². The van der Waals surface area contributed by atoms with Gasteiger partial charge in [-0.1, -0.05) is 0 Å². The highest BCUT2D eigenvalue weighted by Crippen LogP contribution is 2.38. The van der Waals surface area contributed by atoms with E-state index < -0.39 is 0 Å². The number of rotatable bonds is 3. The zero-order chi connectivity index (χ0) is 14.0. The number of guanidine groups is 1. The Labute approximate surface area is 143 Å². The van der Waals surface area contributed by atoms with E-state index in [4.69, 9.17) is 4.74 Å². The first-order chi connectivity index (χ1) is 9.71. The van der Waals surface area contributed by atoms with Crippen molar-refractivity contribution in [1.82, 2.24) is 15.5 Å². The molecule has 120 valence electrons. The van der Waals surface area contributed by atoms with E-state index in [0.717, 1.165) is 57.9 Å². The Bertz CT molecular complexity index is 406. The number of carbonyl (C=O) groups is 1. The Morgan fingerprint density at radius 1 is 1.43 bits per heavy atom. The van der Waals surface area contributed by atoms with Crippen LogP contribution in [0, 0.1) is 5.41 Å². The number of carbonyl (C=O) groups excluding carboxylic acids is 1. The molecule has 0 radical (unpaired) electrons. The zero-order valence-electron chi connectivity index (χ0n) is 12.6. The van der Waals surface area contributed by atoms with Crippen LogP contribution >= 0.6 is 24.0 Å². The fraction of sp³-hybridized carbons (Fsp3) is 0.857. The van der Waals surface area contributed by atoms with Crippen LogP contribution in [0.25, 0.3) is 0 Å². The minimum Gasteiger partial charge on any atom is -0.381 e. The molecule has 2 heterocycles. The van der Waals surface area contributed by atoms with Crippen LogP contribution in [-0.2, 0) is 9.53 Å². The molecule has 1 atom stereocenters. The van der Waals surface area contributed by atoms with E-state index in [0.29, 0.717) is 18.0 Å². The maximum Gasteiger partial charge on any atom is 0.239 e. The van der Waals surface area contributed by atoms with Crippen molar-refractivity contribution < 1.29 is 9.53 Å². The summed E-state index contributed by atoms with van der Waals surface area (Å²) >= 11 is 0. The van der Waals surface area contributed by atoms with Crippen molar-refractivity contribution >= 4 is 35.8 Å². The summed E-state index contributed by atoms with van der Waals surface area (Å²) in [5.41, 5.74) is 0.313. The maximum absolute atomic E-state index is 11.7. The van der Waals surface area contributed by atoms with Gasteiger partial charge in [0.2, 0.25) is 5.91 Å². The summed E-state index contributed by atoms with van der Waals surface area (Å²) in [5, 5.41) is 6.15. The lowest BCUT2D eigenvalue weighted by Crippen LogP contribution is -2.45. The predicted octanol–water partition coefficient (Wildman–Crippen LogP) is 0.571. The number of hydrogen-bond donors (Lipinski definition) is 2. The van der Waals surface area contributed by atoms with Crippen LogP contribution < -0.4 is 10.6 Å². The number of nitrogens with zero attached hydrogens (tertiary/aromatic N) is 2. The summed E-state index contributed by atoms with van der Waals surface area (Å²) in [5.74, 6) is 0.895. The van der Waals surface area contributed by atoms with E-state index in [-0.39, 0.29) is 29.9 Å². The number of nitrogens with one attached hydrogen (secondary N) is 2. The van der Waals surface area contributed by atoms with Gasteiger partial charge in [0.1, 0.15) is 0 Å². The van der Waals surface area contributed by atoms with Crippen molar-refractivity contribution in [3.8, 4) is 0 Å². The second-order valence-corrected chi connectivity index (χ2v) is 6.22. The summed E-state index contributed by atoms with van der Waals surface area (Å²) < 4.78 is 5.54. The minimum absolute atomic E-state index is 0. The summed E-state index contributed by atoms with van der Waals surface area (Å²) in [7, 11) is 1.78. The highest BCUT2D eigenvalue weighted by Gasteiger charge is 2.42. The van der Waals surface area contributed by atoms with Gasteiger partial charge >= 0.3 is 0 Å². The standard InChI is InChI=1S/C14H24N4O2.HI/c1-15-13(16-8-12(19)17-11-2-3-11)18-6-4-14(9-18)5-7-20-10-14;/h11H,2-10H2,1H3,(H,15,16)(H,17,19);1H. The topological polar surface area (TPSA) is 66.0 Å². The molecule has 0 aromatic rings. The Kier molecular flexibility index (Phi) is 5.70. The van der Waals surface area contributed by atoms with Gasteiger partial charge in [-0.25, -0.2) is 0 Å². The van der Waals surface area contributed by atoms with Gasteiger partial charge in [-0.3, -0.25) is 9.79 Å². The van der Waals surface area contributed by atoms with E-state index in [9.17, 15) is 4.79 Å². The smallest absolute Gasteiger partial charge is 0.239 e. The lowest BCUT2D eigenvalue weighted by Gasteiger charge is -2.24. The van der Waals surface area contributed by atoms with Crippen molar-refractivity contribution in [2.75, 3.05) is 39.9 Å². The van der Waals surface area contributed by atoms with Gasteiger partial charge < -0.3 is 20.3 Å². The molecule has 7 heteroatoms. The molecule has 0 aromatic carbocycles. The van der Waals surface area contributed by atoms with Crippen molar-refractivity contribution in [1.29, 1.82) is 0 Å². The molecule has 2 saturated heterocycles. The predicted molar refractivity (Wildman–Crippen MR) is 92.0 cm³/mol. The molecule has 3 aliphatic rings. The average molecular weight is 408 g/mol. The number of hydrogen-bond acceptors (Lipinski definition) is 3. The third-order valence-corrected chi connectivity index (χ3v) is 4.48. The summed E-state index contributed by atoms with van der Waals surface area (Å²) in [6.07, 6.45) is 4.54. The quantitative estimate of drug-likeness (QED) is 0.407. The Hall–Kier alpha value is -0.570. The first-order valence-electron chi connectivity index (χ1n) is 7.53. The second kappa shape index (κ2) is 7.13. The fourth-order valence-electron chi connectivity index (χ4n) is 3.09. The van der Waals surface area contributed by atoms with E-state index >= 15 is 0 Å². The molecule has 3 fully saturated rings. The van der Waals surface area contributed by atoms with Gasteiger partial charge in [-0.2, -0.15) is 0 Å². The zero-order valence-corrected chi connectivity index (χ0v) is 14.9. The molecular formula is C14H25IN4O2. The molecule has 1 aliphatic carbocycles. The van der Waals surface area contributed by atoms with Gasteiger partial charge in [-0.15, -0.1) is 24.0 Å². The van der Waals surface area contributed by atoms with Crippen LogP contribution in [-0.4, -0.2) is 62.7 Å². The summed E-state index contributed by atoms with van der Waals surface area (Å²) in [6.45, 7) is 4.03. The van der Waals surface area contributed by atoms with Crippen LogP contribution in [0.15, 0.2) is 4.99 Å². The maximum atomic E-state index is 11.7. The molecule has 2 N–H and O–H groups in total. The number of amides is 1. The summed E-state index contributed by atoms with van der Waals surface area (Å²) in [6, 6.07) is 0.414. The number of likely N-dealkylation sites (tertiary alicyclic amines) is 1. The van der Waals surface area contributed by atoms with E-state index in [1.54, 1.807) is 7.05 Å². The molecule has 0 bridgehead atoms. The van der Waals surface area contributed by atoms with Gasteiger partial charge in [-0.05, 0) is 25.7 Å². The van der Waals surface area contributed by atoms with Crippen molar-refractivity contribution in [3.05, 3.63) is 0 Å². The average Bonchev–Trinajstić information content (AvgIpc) is 2.99. The van der Waals surface area contributed by atoms with Crippen LogP contribution in [0.5, 0.6) is 0 Å². The van der Waals surface area contributed by atoms with Crippen LogP contribution in [0.2, 0.25) is 0 Å². The Balaban J connectivity index is 0.00000161. The molecule has 1 amide bonds. The first-order valence-corrected chi connectivity index (χ1v) is 7.53. The lowest BCUT2D eigenvalue weighted by molar-refractivity contribution is -0.120. The van der Waals surface area contributed by atoms with Gasteiger partial charge in [0, 0.05) is 38.2 Å². The van der Waals surface area contributed by atoms with Crippen LogP contribution in [0.3, 0.4) is 0 Å². The second-order valence-electron chi connectivity index (χ2n) is 6.22. The largest absolute Gasteiger partial charge is 0.381 e. The number of halogens is 1. The van der Waals surface area contributed by atoms with Gasteiger partial charge in [0.15, 0.2) is 5.96 Å². The fourth-order valence-corrected chi connectivity index (χ4v) is 3.09. The highest BCUT2D eigenvalue weighted by atomic mass is 127. The molecule has 6 nitrogen and oxygen atoms in total. The molecule has 0 aromatic heterocycles. The molecule has 2 aliphatic heterocycles. The molecular weight excluding hydrogens is 383 g/mol. The van der Waals surface area contributed by atoms with E-state index in [1.807, 2.05) is 0 Å². The minimum atomic E-state index is 0. The Morgan fingerprint density at radius 2 is 2.24 bits per heavy atom. The third-order valence-electron chi connectivity index (χ3n) is 4.48. The third kappa shape index (κ3) is 4.21. The number of aliphatic imine (C=N–C) groups is 1. The SMILES string of the molecule is CN=C(NCC(=O)NC1CC1)N1CCC2(CCOC2)C1.I. The Morgan fingerprint density at radius 3 is 2.86 bits per heavy atom. The van der Waals surface area contributed by atoms with E-state index in [1.165, 1.54) is 0 Å². The molecule has 1 saturated carbocycles. The first kappa shape index (κ1) is 16.8. The van der Waals surface area contributed by atoms with Gasteiger partial charge in [0.05, 0.1) is 13.2 Å². The molecule has 21 heavy (non-hydrogen) atoms. The van der Waals surface area contributed by atoms with Crippen LogP contribution in [0.1, 0.15) is 25.7 Å². The van der Waals surface area contributed by atoms with Crippen molar-refractivity contribution in [2.45, 2.75) is 31.7 Å². The monoisotopic (exact) mass is 408 g/mol. The van der Waals surface area contributed by atoms with Gasteiger partial charge in [0.25, 0.3) is 0 Å². The molecule has 3 rings (SSSR count).